The van der Waals surface area contributed by atoms with Crippen molar-refractivity contribution in [3.05, 3.63) is 0 Å². The molecule has 0 aliphatic carbocycles. The third-order valence-corrected chi connectivity index (χ3v) is 6.02. The van der Waals surface area contributed by atoms with Crippen LogP contribution in [0.15, 0.2) is 0 Å². The van der Waals surface area contributed by atoms with Crippen LogP contribution in [-0.2, 0) is 10.1 Å². The minimum Gasteiger partial charge on any atom is -0.748 e. The summed E-state index contributed by atoms with van der Waals surface area (Å²) in [6.07, 6.45) is 14.9. The van der Waals surface area contributed by atoms with Gasteiger partial charge in [-0.05, 0) is 19.3 Å². The third kappa shape index (κ3) is 13.2. The first-order chi connectivity index (χ1) is 11.2. The molecule has 4 nitrogen and oxygen atoms in total. The zero-order chi connectivity index (χ0) is 18.5. The first-order valence-corrected chi connectivity index (χ1v) is 11.6. The van der Waals surface area contributed by atoms with Crippen molar-refractivity contribution in [2.24, 2.45) is 0 Å². The number of hydrogen-bond donors (Lipinski definition) is 0. The maximum Gasteiger partial charge on any atom is 0.0948 e. The predicted octanol–water partition coefficient (Wildman–Crippen LogP) is 4.70. The number of nitrogens with zero attached hydrogens (tertiary/aromatic N) is 1. The fraction of sp³-hybridized carbons (Fsp3) is 1.00. The normalized spacial score (nSPS) is 14.0. The molecule has 0 aliphatic rings. The largest absolute Gasteiger partial charge is 0.748 e. The van der Waals surface area contributed by atoms with Crippen LogP contribution in [-0.4, -0.2) is 49.9 Å². The van der Waals surface area contributed by atoms with Crippen molar-refractivity contribution in [3.63, 3.8) is 0 Å². The molecule has 5 heteroatoms. The van der Waals surface area contributed by atoms with Gasteiger partial charge in [-0.2, -0.15) is 0 Å². The van der Waals surface area contributed by atoms with E-state index in [9.17, 15) is 13.0 Å². The van der Waals surface area contributed by atoms with E-state index in [1.165, 1.54) is 64.2 Å². The van der Waals surface area contributed by atoms with E-state index < -0.39 is 10.1 Å². The summed E-state index contributed by atoms with van der Waals surface area (Å²) >= 11 is 0. The minimum absolute atomic E-state index is 0.233. The van der Waals surface area contributed by atoms with Crippen LogP contribution in [0.5, 0.6) is 0 Å². The van der Waals surface area contributed by atoms with Crippen LogP contribution in [0.1, 0.15) is 90.9 Å². The second-order valence-corrected chi connectivity index (χ2v) is 9.32. The molecule has 0 saturated carbocycles. The van der Waals surface area contributed by atoms with Gasteiger partial charge in [0.1, 0.15) is 0 Å². The monoisotopic (exact) mass is 363 g/mol. The van der Waals surface area contributed by atoms with E-state index in [0.29, 0.717) is 12.5 Å². The van der Waals surface area contributed by atoms with Crippen LogP contribution in [0.3, 0.4) is 0 Å². The molecule has 0 rings (SSSR count). The molecule has 0 spiro atoms. The molecule has 0 bridgehead atoms. The van der Waals surface area contributed by atoms with Crippen molar-refractivity contribution in [3.8, 4) is 0 Å². The van der Waals surface area contributed by atoms with Crippen molar-refractivity contribution in [2.75, 3.05) is 26.4 Å². The van der Waals surface area contributed by atoms with Crippen molar-refractivity contribution in [1.82, 2.24) is 0 Å². The van der Waals surface area contributed by atoms with Crippen LogP contribution in [0.25, 0.3) is 0 Å². The number of hydrogen-bond acceptors (Lipinski definition) is 3. The summed E-state index contributed by atoms with van der Waals surface area (Å²) < 4.78 is 33.1. The molecule has 0 aliphatic heterocycles. The van der Waals surface area contributed by atoms with E-state index in [1.807, 2.05) is 0 Å². The first kappa shape index (κ1) is 23.9. The maximum atomic E-state index is 10.7. The third-order valence-electron chi connectivity index (χ3n) is 5.23. The maximum absolute atomic E-state index is 10.7. The standard InChI is InChI=1S/C19H41NO3S/c1-5-7-8-9-10-11-12-13-14-16-19(6-2)20(3,4)17-15-18-24(21,22)23/h19H,5-18H2,1-4H3. The summed E-state index contributed by atoms with van der Waals surface area (Å²) in [6, 6.07) is 0.559. The van der Waals surface area contributed by atoms with E-state index >= 15 is 0 Å². The number of quaternary nitrogens is 1. The van der Waals surface area contributed by atoms with Crippen LogP contribution in [0.2, 0.25) is 0 Å². The highest BCUT2D eigenvalue weighted by Gasteiger charge is 2.25. The topological polar surface area (TPSA) is 57.2 Å². The van der Waals surface area contributed by atoms with E-state index in [0.717, 1.165) is 17.4 Å². The summed E-state index contributed by atoms with van der Waals surface area (Å²) in [5, 5.41) is 0. The Balaban J connectivity index is 3.87. The van der Waals surface area contributed by atoms with Gasteiger partial charge >= 0.3 is 0 Å². The van der Waals surface area contributed by atoms with Crippen LogP contribution >= 0.6 is 0 Å². The fourth-order valence-electron chi connectivity index (χ4n) is 3.57. The molecule has 1 atom stereocenters. The van der Waals surface area contributed by atoms with Crippen LogP contribution < -0.4 is 0 Å². The molecule has 0 saturated heterocycles. The molecule has 0 radical (unpaired) electrons. The van der Waals surface area contributed by atoms with Gasteiger partial charge < -0.3 is 9.04 Å². The lowest BCUT2D eigenvalue weighted by Gasteiger charge is -2.38. The molecule has 0 fully saturated rings. The Kier molecular flexibility index (Phi) is 13.1. The molecular formula is C19H41NO3S. The average molecular weight is 364 g/mol. The minimum atomic E-state index is -4.07. The molecule has 0 aromatic heterocycles. The van der Waals surface area contributed by atoms with Gasteiger partial charge in [0.25, 0.3) is 0 Å². The van der Waals surface area contributed by atoms with Gasteiger partial charge in [-0.25, -0.2) is 8.42 Å². The average Bonchev–Trinajstić information content (AvgIpc) is 2.47. The Bertz CT molecular complexity index is 393. The van der Waals surface area contributed by atoms with E-state index in [2.05, 4.69) is 27.9 Å². The van der Waals surface area contributed by atoms with Crippen molar-refractivity contribution in [2.45, 2.75) is 96.9 Å². The van der Waals surface area contributed by atoms with Gasteiger partial charge in [0, 0.05) is 12.2 Å². The van der Waals surface area contributed by atoms with E-state index in [4.69, 9.17) is 0 Å². The molecule has 0 amide bonds. The molecular weight excluding hydrogens is 322 g/mol. The van der Waals surface area contributed by atoms with Crippen molar-refractivity contribution in [1.29, 1.82) is 0 Å². The molecule has 0 aromatic rings. The second-order valence-electron chi connectivity index (χ2n) is 7.80. The highest BCUT2D eigenvalue weighted by Crippen LogP contribution is 2.19. The first-order valence-electron chi connectivity index (χ1n) is 9.99. The van der Waals surface area contributed by atoms with Gasteiger partial charge in [0.05, 0.1) is 36.8 Å². The SMILES string of the molecule is CCCCCCCCCCCC(CC)[N+](C)(C)CCCS(=O)(=O)[O-]. The van der Waals surface area contributed by atoms with Gasteiger partial charge in [0.15, 0.2) is 0 Å². The lowest BCUT2D eigenvalue weighted by atomic mass is 10.0. The van der Waals surface area contributed by atoms with Crippen LogP contribution in [0, 0.1) is 0 Å². The Labute approximate surface area is 151 Å². The highest BCUT2D eigenvalue weighted by molar-refractivity contribution is 7.85. The van der Waals surface area contributed by atoms with Gasteiger partial charge in [0.2, 0.25) is 0 Å². The molecule has 0 heterocycles. The second kappa shape index (κ2) is 13.1. The quantitative estimate of drug-likeness (QED) is 0.227. The zero-order valence-electron chi connectivity index (χ0n) is 16.6. The summed E-state index contributed by atoms with van der Waals surface area (Å²) in [6.45, 7) is 5.23. The summed E-state index contributed by atoms with van der Waals surface area (Å²) in [4.78, 5) is 0. The summed E-state index contributed by atoms with van der Waals surface area (Å²) in [7, 11) is 0.257. The lowest BCUT2D eigenvalue weighted by molar-refractivity contribution is -0.915. The molecule has 1 unspecified atom stereocenters. The van der Waals surface area contributed by atoms with Gasteiger partial charge in [-0.1, -0.05) is 65.2 Å². The van der Waals surface area contributed by atoms with Gasteiger partial charge in [-0.3, -0.25) is 0 Å². The highest BCUT2D eigenvalue weighted by atomic mass is 32.2. The Morgan fingerprint density at radius 3 is 1.79 bits per heavy atom. The number of rotatable bonds is 16. The fourth-order valence-corrected chi connectivity index (χ4v) is 4.05. The Morgan fingerprint density at radius 1 is 0.833 bits per heavy atom. The Morgan fingerprint density at radius 2 is 1.33 bits per heavy atom. The molecule has 146 valence electrons. The van der Waals surface area contributed by atoms with Crippen molar-refractivity contribution < 1.29 is 17.5 Å². The van der Waals surface area contributed by atoms with E-state index in [1.54, 1.807) is 0 Å². The zero-order valence-corrected chi connectivity index (χ0v) is 17.4. The smallest absolute Gasteiger partial charge is 0.0948 e. The number of unbranched alkanes of at least 4 members (excludes halogenated alkanes) is 8. The van der Waals surface area contributed by atoms with Gasteiger partial charge in [-0.15, -0.1) is 0 Å². The van der Waals surface area contributed by atoms with Crippen molar-refractivity contribution >= 4 is 10.1 Å². The Hall–Kier alpha value is -0.130. The summed E-state index contributed by atoms with van der Waals surface area (Å²) in [5.41, 5.74) is 0. The molecule has 0 aromatic carbocycles. The molecule has 0 N–H and O–H groups in total. The predicted molar refractivity (Wildman–Crippen MR) is 102 cm³/mol. The molecule has 24 heavy (non-hydrogen) atoms. The lowest BCUT2D eigenvalue weighted by Crippen LogP contribution is -2.49. The van der Waals surface area contributed by atoms with Crippen LogP contribution in [0.4, 0.5) is 0 Å². The summed E-state index contributed by atoms with van der Waals surface area (Å²) in [5.74, 6) is -0.233. The van der Waals surface area contributed by atoms with E-state index in [-0.39, 0.29) is 5.75 Å².